The van der Waals surface area contributed by atoms with Gasteiger partial charge in [0.05, 0.1) is 17.9 Å². The third kappa shape index (κ3) is 4.53. The molecule has 126 valence electrons. The van der Waals surface area contributed by atoms with Crippen LogP contribution in [0.25, 0.3) is 0 Å². The van der Waals surface area contributed by atoms with Gasteiger partial charge in [0.2, 0.25) is 0 Å². The van der Waals surface area contributed by atoms with Crippen molar-refractivity contribution in [2.75, 3.05) is 5.32 Å². The summed E-state index contributed by atoms with van der Waals surface area (Å²) in [7, 11) is 0. The van der Waals surface area contributed by atoms with Gasteiger partial charge in [0.15, 0.2) is 6.10 Å². The van der Waals surface area contributed by atoms with Crippen molar-refractivity contribution in [2.45, 2.75) is 19.6 Å². The smallest absolute Gasteiger partial charge is 0.338 e. The Morgan fingerprint density at radius 1 is 1.25 bits per heavy atom. The van der Waals surface area contributed by atoms with Crippen molar-refractivity contribution in [3.63, 3.8) is 0 Å². The van der Waals surface area contributed by atoms with Crippen LogP contribution in [0, 0.1) is 5.82 Å². The molecule has 0 heterocycles. The van der Waals surface area contributed by atoms with E-state index in [-0.39, 0.29) is 22.9 Å². The van der Waals surface area contributed by atoms with Crippen molar-refractivity contribution in [2.24, 2.45) is 0 Å². The number of hydrogen-bond acceptors (Lipinski definition) is 4. The largest absolute Gasteiger partial charge is 0.449 e. The van der Waals surface area contributed by atoms with Gasteiger partial charge in [0.25, 0.3) is 5.91 Å². The highest BCUT2D eigenvalue weighted by Gasteiger charge is 2.20. The number of nitrogens with one attached hydrogen (secondary N) is 1. The van der Waals surface area contributed by atoms with Crippen LogP contribution in [-0.2, 0) is 16.1 Å². The third-order valence-corrected chi connectivity index (χ3v) is 3.45. The van der Waals surface area contributed by atoms with E-state index in [1.807, 2.05) is 0 Å². The van der Waals surface area contributed by atoms with Gasteiger partial charge < -0.3 is 15.2 Å². The molecular formula is C17H15ClFNO4. The number of aliphatic hydroxyl groups is 1. The summed E-state index contributed by atoms with van der Waals surface area (Å²) < 4.78 is 18.7. The van der Waals surface area contributed by atoms with Crippen molar-refractivity contribution < 1.29 is 23.8 Å². The summed E-state index contributed by atoms with van der Waals surface area (Å²) in [6.07, 6.45) is -1.12. The fraction of sp³-hybridized carbons (Fsp3) is 0.176. The minimum absolute atomic E-state index is 0.0559. The van der Waals surface area contributed by atoms with E-state index >= 15 is 0 Å². The summed E-state index contributed by atoms with van der Waals surface area (Å²) in [5.41, 5.74) is 0.833. The Labute approximate surface area is 143 Å². The highest BCUT2D eigenvalue weighted by Crippen LogP contribution is 2.19. The average molecular weight is 352 g/mol. The first kappa shape index (κ1) is 17.9. The van der Waals surface area contributed by atoms with Gasteiger partial charge in [-0.05, 0) is 42.8 Å². The Morgan fingerprint density at radius 2 is 1.92 bits per heavy atom. The van der Waals surface area contributed by atoms with E-state index in [2.05, 4.69) is 5.32 Å². The number of aliphatic hydroxyl groups excluding tert-OH is 1. The zero-order valence-corrected chi connectivity index (χ0v) is 13.5. The molecule has 7 heteroatoms. The fourth-order valence-corrected chi connectivity index (χ4v) is 2.01. The SMILES string of the molecule is CC(OC(=O)c1ccc(CO)cc1)C(=O)Nc1ccc(Cl)cc1F. The molecule has 1 atom stereocenters. The molecule has 0 fully saturated rings. The Balaban J connectivity index is 1.98. The molecule has 2 aromatic carbocycles. The van der Waals surface area contributed by atoms with Crippen LogP contribution in [0.2, 0.25) is 5.02 Å². The number of carbonyl (C=O) groups is 2. The fourth-order valence-electron chi connectivity index (χ4n) is 1.85. The quantitative estimate of drug-likeness (QED) is 0.811. The number of ether oxygens (including phenoxy) is 1. The van der Waals surface area contributed by atoms with Crippen LogP contribution in [0.3, 0.4) is 0 Å². The number of amides is 1. The van der Waals surface area contributed by atoms with Crippen LogP contribution in [0.4, 0.5) is 10.1 Å². The maximum atomic E-state index is 13.6. The summed E-state index contributed by atoms with van der Waals surface area (Å²) in [6, 6.07) is 9.93. The molecule has 24 heavy (non-hydrogen) atoms. The lowest BCUT2D eigenvalue weighted by molar-refractivity contribution is -0.123. The summed E-state index contributed by atoms with van der Waals surface area (Å²) in [4.78, 5) is 24.0. The highest BCUT2D eigenvalue weighted by atomic mass is 35.5. The summed E-state index contributed by atoms with van der Waals surface area (Å²) in [6.45, 7) is 1.24. The van der Waals surface area contributed by atoms with Gasteiger partial charge in [0, 0.05) is 5.02 Å². The second-order valence-corrected chi connectivity index (χ2v) is 5.45. The molecule has 0 aliphatic heterocycles. The van der Waals surface area contributed by atoms with Crippen molar-refractivity contribution in [3.8, 4) is 0 Å². The van der Waals surface area contributed by atoms with Gasteiger partial charge in [-0.15, -0.1) is 0 Å². The monoisotopic (exact) mass is 351 g/mol. The summed E-state index contributed by atoms with van der Waals surface area (Å²) in [5.74, 6) is -2.05. The maximum absolute atomic E-state index is 13.6. The van der Waals surface area contributed by atoms with E-state index in [4.69, 9.17) is 21.4 Å². The van der Waals surface area contributed by atoms with E-state index < -0.39 is 23.8 Å². The molecule has 0 saturated heterocycles. The van der Waals surface area contributed by atoms with Gasteiger partial charge in [-0.1, -0.05) is 23.7 Å². The molecule has 1 amide bonds. The Bertz CT molecular complexity index is 749. The van der Waals surface area contributed by atoms with Crippen LogP contribution in [-0.4, -0.2) is 23.1 Å². The molecule has 0 aromatic heterocycles. The van der Waals surface area contributed by atoms with Gasteiger partial charge in [-0.2, -0.15) is 0 Å². The molecule has 1 unspecified atom stereocenters. The van der Waals surface area contributed by atoms with Crippen molar-refractivity contribution in [1.82, 2.24) is 0 Å². The first-order valence-electron chi connectivity index (χ1n) is 7.07. The first-order chi connectivity index (χ1) is 11.4. The van der Waals surface area contributed by atoms with E-state index in [0.717, 1.165) is 6.07 Å². The van der Waals surface area contributed by atoms with Gasteiger partial charge in [-0.25, -0.2) is 9.18 Å². The topological polar surface area (TPSA) is 75.6 Å². The highest BCUT2D eigenvalue weighted by molar-refractivity contribution is 6.30. The maximum Gasteiger partial charge on any atom is 0.338 e. The number of carbonyl (C=O) groups excluding carboxylic acids is 2. The molecule has 0 aliphatic rings. The standard InChI is InChI=1S/C17H15ClFNO4/c1-10(16(22)20-15-7-6-13(18)8-14(15)19)24-17(23)12-4-2-11(9-21)3-5-12/h2-8,10,21H,9H2,1H3,(H,20,22). The zero-order chi connectivity index (χ0) is 17.7. The van der Waals surface area contributed by atoms with E-state index in [0.29, 0.717) is 5.56 Å². The molecule has 2 N–H and O–H groups in total. The van der Waals surface area contributed by atoms with Crippen LogP contribution in [0.15, 0.2) is 42.5 Å². The predicted molar refractivity (Wildman–Crippen MR) is 87.3 cm³/mol. The lowest BCUT2D eigenvalue weighted by Gasteiger charge is -2.14. The summed E-state index contributed by atoms with van der Waals surface area (Å²) in [5, 5.41) is 11.5. The van der Waals surface area contributed by atoms with Crippen molar-refractivity contribution >= 4 is 29.2 Å². The minimum Gasteiger partial charge on any atom is -0.449 e. The molecule has 0 aliphatic carbocycles. The zero-order valence-electron chi connectivity index (χ0n) is 12.8. The van der Waals surface area contributed by atoms with Crippen molar-refractivity contribution in [3.05, 3.63) is 64.4 Å². The predicted octanol–water partition coefficient (Wildman–Crippen LogP) is 3.16. The van der Waals surface area contributed by atoms with Crippen LogP contribution < -0.4 is 5.32 Å². The number of halogens is 2. The van der Waals surface area contributed by atoms with Crippen molar-refractivity contribution in [1.29, 1.82) is 0 Å². The second-order valence-electron chi connectivity index (χ2n) is 5.02. The third-order valence-electron chi connectivity index (χ3n) is 3.21. The number of anilines is 1. The lowest BCUT2D eigenvalue weighted by atomic mass is 10.1. The Kier molecular flexibility index (Phi) is 5.89. The van der Waals surface area contributed by atoms with E-state index in [1.165, 1.54) is 31.2 Å². The molecule has 0 spiro atoms. The average Bonchev–Trinajstić information content (AvgIpc) is 2.57. The molecule has 5 nitrogen and oxygen atoms in total. The molecule has 0 saturated carbocycles. The van der Waals surface area contributed by atoms with Gasteiger partial charge in [0.1, 0.15) is 5.82 Å². The normalized spacial score (nSPS) is 11.7. The first-order valence-corrected chi connectivity index (χ1v) is 7.45. The number of esters is 1. The molecule has 0 bridgehead atoms. The molecular weight excluding hydrogens is 337 g/mol. The summed E-state index contributed by atoms with van der Waals surface area (Å²) >= 11 is 5.64. The Hall–Kier alpha value is -2.44. The number of rotatable bonds is 5. The van der Waals surface area contributed by atoms with E-state index in [9.17, 15) is 14.0 Å². The number of benzene rings is 2. The molecule has 0 radical (unpaired) electrons. The molecule has 2 rings (SSSR count). The lowest BCUT2D eigenvalue weighted by Crippen LogP contribution is -2.30. The van der Waals surface area contributed by atoms with Gasteiger partial charge >= 0.3 is 5.97 Å². The Morgan fingerprint density at radius 3 is 2.50 bits per heavy atom. The minimum atomic E-state index is -1.12. The molecule has 2 aromatic rings. The van der Waals surface area contributed by atoms with Crippen LogP contribution in [0.5, 0.6) is 0 Å². The number of hydrogen-bond donors (Lipinski definition) is 2. The van der Waals surface area contributed by atoms with Crippen LogP contribution >= 0.6 is 11.6 Å². The van der Waals surface area contributed by atoms with Crippen LogP contribution in [0.1, 0.15) is 22.8 Å². The second kappa shape index (κ2) is 7.90. The van der Waals surface area contributed by atoms with Gasteiger partial charge in [-0.3, -0.25) is 4.79 Å². The van der Waals surface area contributed by atoms with E-state index in [1.54, 1.807) is 12.1 Å².